The molecule has 36 heavy (non-hydrogen) atoms. The van der Waals surface area contributed by atoms with E-state index in [2.05, 4.69) is 10.6 Å². The molecule has 0 saturated carbocycles. The largest absolute Gasteiger partial charge is 0.457 e. The number of carbonyl (C=O) groups excluding carboxylic acids is 1. The van der Waals surface area contributed by atoms with Crippen molar-refractivity contribution in [3.63, 3.8) is 0 Å². The summed E-state index contributed by atoms with van der Waals surface area (Å²) in [5.41, 5.74) is 1.69. The molecule has 1 atom stereocenters. The first kappa shape index (κ1) is 24.8. The van der Waals surface area contributed by atoms with Crippen LogP contribution in [0.1, 0.15) is 12.5 Å². The first-order valence-electron chi connectivity index (χ1n) is 11.3. The molecular formula is C28H25F2N3O3. The lowest BCUT2D eigenvalue weighted by Gasteiger charge is -2.17. The molecule has 0 unspecified atom stereocenters. The van der Waals surface area contributed by atoms with Gasteiger partial charge in [-0.25, -0.2) is 8.78 Å². The summed E-state index contributed by atoms with van der Waals surface area (Å²) in [6.07, 6.45) is 0. The number of rotatable bonds is 8. The number of nitrogens with zero attached hydrogens (tertiary/aromatic N) is 1. The van der Waals surface area contributed by atoms with Gasteiger partial charge in [0, 0.05) is 0 Å². The maximum atomic E-state index is 13.5. The zero-order valence-corrected chi connectivity index (χ0v) is 19.8. The topological polar surface area (TPSA) is 72.4 Å². The van der Waals surface area contributed by atoms with Crippen molar-refractivity contribution in [2.24, 2.45) is 0 Å². The monoisotopic (exact) mass is 489 g/mol. The minimum Gasteiger partial charge on any atom is -0.457 e. The molecule has 6 nitrogen and oxygen atoms in total. The molecule has 2 N–H and O–H groups in total. The lowest BCUT2D eigenvalue weighted by atomic mass is 10.1. The van der Waals surface area contributed by atoms with E-state index >= 15 is 0 Å². The molecule has 184 valence electrons. The van der Waals surface area contributed by atoms with E-state index in [4.69, 9.17) is 4.74 Å². The number of hydrogen-bond acceptors (Lipinski definition) is 4. The van der Waals surface area contributed by atoms with Gasteiger partial charge in [-0.15, -0.1) is 0 Å². The van der Waals surface area contributed by atoms with Crippen molar-refractivity contribution in [1.82, 2.24) is 9.88 Å². The SMILES string of the molecule is CN[C@@H](C)C(=O)Nc1ccc(-c2ccc(F)cc2)n(Cc2cccc(Oc3ccc(F)cc3)c2)c1=O. The Kier molecular flexibility index (Phi) is 7.56. The van der Waals surface area contributed by atoms with Crippen LogP contribution in [0.5, 0.6) is 11.5 Å². The van der Waals surface area contributed by atoms with Crippen LogP contribution < -0.4 is 20.9 Å². The van der Waals surface area contributed by atoms with Crippen molar-refractivity contribution < 1.29 is 18.3 Å². The third-order valence-corrected chi connectivity index (χ3v) is 5.69. The summed E-state index contributed by atoms with van der Waals surface area (Å²) >= 11 is 0. The molecule has 0 aliphatic carbocycles. The number of likely N-dealkylation sites (N-methyl/N-ethyl adjacent to an activating group) is 1. The summed E-state index contributed by atoms with van der Waals surface area (Å²) in [5.74, 6) is -0.0997. The Balaban J connectivity index is 1.70. The van der Waals surface area contributed by atoms with Gasteiger partial charge in [-0.1, -0.05) is 12.1 Å². The van der Waals surface area contributed by atoms with Crippen LogP contribution in [0, 0.1) is 11.6 Å². The fraction of sp³-hybridized carbons (Fsp3) is 0.143. The molecule has 3 aromatic carbocycles. The first-order chi connectivity index (χ1) is 17.3. The third-order valence-electron chi connectivity index (χ3n) is 5.69. The molecule has 0 bridgehead atoms. The van der Waals surface area contributed by atoms with Gasteiger partial charge in [0.2, 0.25) is 5.91 Å². The van der Waals surface area contributed by atoms with Crippen molar-refractivity contribution in [2.45, 2.75) is 19.5 Å². The molecule has 0 radical (unpaired) electrons. The van der Waals surface area contributed by atoms with Crippen LogP contribution in [0.15, 0.2) is 89.7 Å². The number of ether oxygens (including phenoxy) is 1. The van der Waals surface area contributed by atoms with E-state index in [1.807, 2.05) is 6.07 Å². The quantitative estimate of drug-likeness (QED) is 0.358. The molecule has 1 heterocycles. The predicted molar refractivity (Wildman–Crippen MR) is 135 cm³/mol. The minimum atomic E-state index is -0.491. The predicted octanol–water partition coefficient (Wildman–Crippen LogP) is 5.18. The summed E-state index contributed by atoms with van der Waals surface area (Å²) in [7, 11) is 1.65. The lowest BCUT2D eigenvalue weighted by molar-refractivity contribution is -0.117. The summed E-state index contributed by atoms with van der Waals surface area (Å²) in [5, 5.41) is 5.51. The van der Waals surface area contributed by atoms with E-state index < -0.39 is 11.6 Å². The van der Waals surface area contributed by atoms with Gasteiger partial charge in [-0.05, 0) is 97.9 Å². The molecule has 8 heteroatoms. The fourth-order valence-electron chi connectivity index (χ4n) is 3.60. The fourth-order valence-corrected chi connectivity index (χ4v) is 3.60. The zero-order chi connectivity index (χ0) is 25.7. The molecule has 0 spiro atoms. The van der Waals surface area contributed by atoms with E-state index in [9.17, 15) is 18.4 Å². The Hall–Kier alpha value is -4.30. The molecule has 0 aliphatic rings. The van der Waals surface area contributed by atoms with Crippen LogP contribution in [0.2, 0.25) is 0 Å². The van der Waals surface area contributed by atoms with Gasteiger partial charge in [-0.2, -0.15) is 0 Å². The highest BCUT2D eigenvalue weighted by Crippen LogP contribution is 2.25. The zero-order valence-electron chi connectivity index (χ0n) is 19.8. The average Bonchev–Trinajstić information content (AvgIpc) is 2.88. The molecular weight excluding hydrogens is 464 g/mol. The summed E-state index contributed by atoms with van der Waals surface area (Å²) in [6.45, 7) is 1.85. The van der Waals surface area contributed by atoms with Crippen molar-refractivity contribution in [2.75, 3.05) is 12.4 Å². The van der Waals surface area contributed by atoms with Crippen molar-refractivity contribution in [3.05, 3.63) is 112 Å². The maximum absolute atomic E-state index is 13.5. The summed E-state index contributed by atoms with van der Waals surface area (Å²) in [6, 6.07) is 21.4. The van der Waals surface area contributed by atoms with Gasteiger partial charge in [0.15, 0.2) is 0 Å². The number of nitrogens with one attached hydrogen (secondary N) is 2. The molecule has 4 aromatic rings. The second kappa shape index (κ2) is 11.0. The Morgan fingerprint density at radius 1 is 0.917 bits per heavy atom. The Morgan fingerprint density at radius 2 is 1.58 bits per heavy atom. The van der Waals surface area contributed by atoms with E-state index in [1.54, 1.807) is 56.4 Å². The number of halogens is 2. The molecule has 0 aliphatic heterocycles. The van der Waals surface area contributed by atoms with Crippen LogP contribution in [-0.4, -0.2) is 23.6 Å². The summed E-state index contributed by atoms with van der Waals surface area (Å²) < 4.78 is 34.1. The molecule has 1 aromatic heterocycles. The van der Waals surface area contributed by atoms with Gasteiger partial charge in [0.1, 0.15) is 28.8 Å². The van der Waals surface area contributed by atoms with Crippen LogP contribution >= 0.6 is 0 Å². The average molecular weight is 490 g/mol. The van der Waals surface area contributed by atoms with Gasteiger partial charge >= 0.3 is 0 Å². The Morgan fingerprint density at radius 3 is 2.25 bits per heavy atom. The maximum Gasteiger partial charge on any atom is 0.275 e. The number of carbonyl (C=O) groups is 1. The van der Waals surface area contributed by atoms with Crippen LogP contribution in [0.3, 0.4) is 0 Å². The number of hydrogen-bond donors (Lipinski definition) is 2. The van der Waals surface area contributed by atoms with Gasteiger partial charge in [0.25, 0.3) is 5.56 Å². The van der Waals surface area contributed by atoms with Gasteiger partial charge in [0.05, 0.1) is 18.3 Å². The van der Waals surface area contributed by atoms with Gasteiger partial charge < -0.3 is 19.9 Å². The second-order valence-electron chi connectivity index (χ2n) is 8.23. The number of benzene rings is 3. The van der Waals surface area contributed by atoms with Crippen LogP contribution in [-0.2, 0) is 11.3 Å². The lowest BCUT2D eigenvalue weighted by Crippen LogP contribution is -2.37. The Labute approximate surface area is 207 Å². The van der Waals surface area contributed by atoms with Crippen molar-refractivity contribution >= 4 is 11.6 Å². The number of anilines is 1. The molecule has 0 fully saturated rings. The van der Waals surface area contributed by atoms with E-state index in [-0.39, 0.29) is 29.8 Å². The highest BCUT2D eigenvalue weighted by atomic mass is 19.1. The number of aromatic nitrogens is 1. The number of amides is 1. The highest BCUT2D eigenvalue weighted by molar-refractivity contribution is 5.94. The normalized spacial score (nSPS) is 11.7. The molecule has 4 rings (SSSR count). The highest BCUT2D eigenvalue weighted by Gasteiger charge is 2.16. The minimum absolute atomic E-state index is 0.131. The van der Waals surface area contributed by atoms with E-state index in [1.165, 1.54) is 41.0 Å². The second-order valence-corrected chi connectivity index (χ2v) is 8.23. The van der Waals surface area contributed by atoms with Crippen molar-refractivity contribution in [3.8, 4) is 22.8 Å². The molecule has 0 saturated heterocycles. The van der Waals surface area contributed by atoms with E-state index in [0.717, 1.165) is 5.56 Å². The van der Waals surface area contributed by atoms with Crippen molar-refractivity contribution in [1.29, 1.82) is 0 Å². The third kappa shape index (κ3) is 5.84. The molecule has 1 amide bonds. The number of pyridine rings is 1. The van der Waals surface area contributed by atoms with Gasteiger partial charge in [-0.3, -0.25) is 9.59 Å². The smallest absolute Gasteiger partial charge is 0.275 e. The summed E-state index contributed by atoms with van der Waals surface area (Å²) in [4.78, 5) is 25.9. The van der Waals surface area contributed by atoms with Crippen LogP contribution in [0.4, 0.5) is 14.5 Å². The standard InChI is InChI=1S/C28H25F2N3O3/c1-18(31-2)27(34)32-25-14-15-26(20-6-8-21(29)9-7-20)33(28(25)35)17-19-4-3-5-24(16-19)36-23-12-10-22(30)11-13-23/h3-16,18,31H,17H2,1-2H3,(H,32,34)/t18-/m0/s1. The first-order valence-corrected chi connectivity index (χ1v) is 11.3. The van der Waals surface area contributed by atoms with Crippen LogP contribution in [0.25, 0.3) is 11.3 Å². The van der Waals surface area contributed by atoms with E-state index in [0.29, 0.717) is 22.8 Å². The Bertz CT molecular complexity index is 1420.